The van der Waals surface area contributed by atoms with E-state index in [0.717, 1.165) is 20.7 Å². The molecule has 0 radical (unpaired) electrons. The highest BCUT2D eigenvalue weighted by Gasteiger charge is 2.33. The first-order chi connectivity index (χ1) is 16.7. The van der Waals surface area contributed by atoms with E-state index < -0.39 is 40.4 Å². The molecule has 0 saturated carbocycles. The van der Waals surface area contributed by atoms with Crippen LogP contribution < -0.4 is 9.62 Å². The van der Waals surface area contributed by atoms with Gasteiger partial charge >= 0.3 is 10.2 Å². The molecule has 0 unspecified atom stereocenters. The predicted octanol–water partition coefficient (Wildman–Crippen LogP) is 3.93. The van der Waals surface area contributed by atoms with Crippen LogP contribution in [0.5, 0.6) is 0 Å². The van der Waals surface area contributed by atoms with E-state index in [4.69, 9.17) is 23.2 Å². The monoisotopic (exact) mass is 560 g/mol. The lowest BCUT2D eigenvalue weighted by atomic mass is 10.1. The molecule has 0 heterocycles. The SMILES string of the molecule is CC(C)CNC(=O)[C@H](C)N(Cc1ccc(Cl)cc1Cl)C(=O)CN(c1ccc(F)cc1)S(=O)(=O)N(C)C. The molecule has 198 valence electrons. The van der Waals surface area contributed by atoms with Crippen LogP contribution >= 0.6 is 23.2 Å². The third-order valence-corrected chi connectivity index (χ3v) is 7.75. The Morgan fingerprint density at radius 3 is 2.17 bits per heavy atom. The quantitative estimate of drug-likeness (QED) is 0.450. The minimum atomic E-state index is -4.13. The number of carbonyl (C=O) groups excluding carboxylic acids is 2. The highest BCUT2D eigenvalue weighted by atomic mass is 35.5. The Morgan fingerprint density at radius 2 is 1.64 bits per heavy atom. The summed E-state index contributed by atoms with van der Waals surface area (Å²) in [5.74, 6) is -1.41. The Bertz CT molecular complexity index is 1180. The number of nitrogens with one attached hydrogen (secondary N) is 1. The average molecular weight is 562 g/mol. The van der Waals surface area contributed by atoms with Crippen molar-refractivity contribution >= 4 is 50.9 Å². The van der Waals surface area contributed by atoms with Crippen LogP contribution in [0, 0.1) is 11.7 Å². The Kier molecular flexibility index (Phi) is 10.5. The molecule has 2 rings (SSSR count). The number of nitrogens with zero attached hydrogens (tertiary/aromatic N) is 3. The van der Waals surface area contributed by atoms with Gasteiger partial charge in [-0.1, -0.05) is 43.1 Å². The van der Waals surface area contributed by atoms with Gasteiger partial charge in [0.25, 0.3) is 0 Å². The maximum absolute atomic E-state index is 13.6. The molecule has 12 heteroatoms. The Labute approximate surface area is 222 Å². The largest absolute Gasteiger partial charge is 0.354 e. The number of rotatable bonds is 11. The molecular formula is C24H31Cl2FN4O4S. The Morgan fingerprint density at radius 1 is 1.03 bits per heavy atom. The molecule has 0 spiro atoms. The van der Waals surface area contributed by atoms with Crippen molar-refractivity contribution in [2.45, 2.75) is 33.4 Å². The zero-order valence-corrected chi connectivity index (χ0v) is 23.2. The zero-order chi connectivity index (χ0) is 27.2. The van der Waals surface area contributed by atoms with Crippen LogP contribution in [0.4, 0.5) is 10.1 Å². The van der Waals surface area contributed by atoms with E-state index >= 15 is 0 Å². The highest BCUT2D eigenvalue weighted by molar-refractivity contribution is 7.90. The van der Waals surface area contributed by atoms with Gasteiger partial charge in [0.1, 0.15) is 18.4 Å². The topological polar surface area (TPSA) is 90.0 Å². The van der Waals surface area contributed by atoms with E-state index in [9.17, 15) is 22.4 Å². The molecule has 0 aliphatic carbocycles. The summed E-state index contributed by atoms with van der Waals surface area (Å²) >= 11 is 12.3. The number of anilines is 1. The van der Waals surface area contributed by atoms with Crippen molar-refractivity contribution in [1.29, 1.82) is 0 Å². The summed E-state index contributed by atoms with van der Waals surface area (Å²) in [6.07, 6.45) is 0. The number of halogens is 3. The van der Waals surface area contributed by atoms with Gasteiger partial charge in [-0.15, -0.1) is 0 Å². The van der Waals surface area contributed by atoms with E-state index in [1.165, 1.54) is 37.2 Å². The van der Waals surface area contributed by atoms with Gasteiger partial charge in [0.15, 0.2) is 0 Å². The molecular weight excluding hydrogens is 530 g/mol. The first-order valence-corrected chi connectivity index (χ1v) is 13.4. The molecule has 0 aliphatic rings. The van der Waals surface area contributed by atoms with Crippen LogP contribution in [0.3, 0.4) is 0 Å². The first-order valence-electron chi connectivity index (χ1n) is 11.2. The van der Waals surface area contributed by atoms with Crippen LogP contribution in [-0.4, -0.2) is 62.7 Å². The molecule has 0 aromatic heterocycles. The number of amides is 2. The summed E-state index contributed by atoms with van der Waals surface area (Å²) in [5.41, 5.74) is 0.626. The summed E-state index contributed by atoms with van der Waals surface area (Å²) in [4.78, 5) is 27.7. The lowest BCUT2D eigenvalue weighted by Gasteiger charge is -2.33. The van der Waals surface area contributed by atoms with Crippen molar-refractivity contribution < 1.29 is 22.4 Å². The molecule has 0 saturated heterocycles. The fourth-order valence-corrected chi connectivity index (χ4v) is 4.72. The third-order valence-electron chi connectivity index (χ3n) is 5.34. The molecule has 1 atom stereocenters. The Hall–Kier alpha value is -2.40. The molecule has 2 aromatic carbocycles. The van der Waals surface area contributed by atoms with Crippen LogP contribution in [0.1, 0.15) is 26.3 Å². The molecule has 2 amide bonds. The fraction of sp³-hybridized carbons (Fsp3) is 0.417. The second kappa shape index (κ2) is 12.7. The van der Waals surface area contributed by atoms with E-state index in [2.05, 4.69) is 5.32 Å². The number of hydrogen-bond acceptors (Lipinski definition) is 4. The standard InChI is InChI=1S/C24H31Cl2FN4O4S/c1-16(2)13-28-24(33)17(3)30(14-18-6-7-19(25)12-22(18)26)23(32)15-31(36(34,35)29(4)5)21-10-8-20(27)9-11-21/h6-12,16-17H,13-15H2,1-5H3,(H,28,33)/t17-/m0/s1. The first kappa shape index (κ1) is 29.8. The minimum Gasteiger partial charge on any atom is -0.354 e. The van der Waals surface area contributed by atoms with Crippen LogP contribution in [0.2, 0.25) is 10.0 Å². The molecule has 1 N–H and O–H groups in total. The molecule has 8 nitrogen and oxygen atoms in total. The maximum atomic E-state index is 13.6. The lowest BCUT2D eigenvalue weighted by Crippen LogP contribution is -2.52. The predicted molar refractivity (Wildman–Crippen MR) is 141 cm³/mol. The van der Waals surface area contributed by atoms with Crippen molar-refractivity contribution in [3.63, 3.8) is 0 Å². The summed E-state index contributed by atoms with van der Waals surface area (Å²) < 4.78 is 41.5. The maximum Gasteiger partial charge on any atom is 0.304 e. The van der Waals surface area contributed by atoms with Crippen molar-refractivity contribution in [2.24, 2.45) is 5.92 Å². The van der Waals surface area contributed by atoms with Gasteiger partial charge in [-0.3, -0.25) is 9.59 Å². The number of benzene rings is 2. The van der Waals surface area contributed by atoms with Crippen LogP contribution in [0.15, 0.2) is 42.5 Å². The number of carbonyl (C=O) groups is 2. The average Bonchev–Trinajstić information content (AvgIpc) is 2.80. The molecule has 0 fully saturated rings. The van der Waals surface area contributed by atoms with E-state index in [0.29, 0.717) is 22.2 Å². The normalized spacial score (nSPS) is 12.5. The second-order valence-corrected chi connectivity index (χ2v) is 11.8. The third kappa shape index (κ3) is 7.80. The summed E-state index contributed by atoms with van der Waals surface area (Å²) in [7, 11) is -1.49. The number of hydrogen-bond donors (Lipinski definition) is 1. The van der Waals surface area contributed by atoms with Gasteiger partial charge in [0, 0.05) is 37.2 Å². The van der Waals surface area contributed by atoms with Crippen LogP contribution in [0.25, 0.3) is 0 Å². The van der Waals surface area contributed by atoms with E-state index in [-0.39, 0.29) is 18.2 Å². The molecule has 2 aromatic rings. The van der Waals surface area contributed by atoms with Crippen molar-refractivity contribution in [3.05, 3.63) is 63.9 Å². The minimum absolute atomic E-state index is 0.0651. The van der Waals surface area contributed by atoms with E-state index in [1.807, 2.05) is 13.8 Å². The van der Waals surface area contributed by atoms with Crippen molar-refractivity contribution in [1.82, 2.24) is 14.5 Å². The Balaban J connectivity index is 2.46. The van der Waals surface area contributed by atoms with Crippen molar-refractivity contribution in [2.75, 3.05) is 31.5 Å². The van der Waals surface area contributed by atoms with Crippen LogP contribution in [-0.2, 0) is 26.3 Å². The highest BCUT2D eigenvalue weighted by Crippen LogP contribution is 2.25. The fourth-order valence-electron chi connectivity index (χ4n) is 3.19. The van der Waals surface area contributed by atoms with Crippen molar-refractivity contribution in [3.8, 4) is 0 Å². The second-order valence-electron chi connectivity index (χ2n) is 8.85. The van der Waals surface area contributed by atoms with Gasteiger partial charge < -0.3 is 10.2 Å². The smallest absolute Gasteiger partial charge is 0.304 e. The van der Waals surface area contributed by atoms with Gasteiger partial charge in [-0.05, 0) is 54.8 Å². The molecule has 36 heavy (non-hydrogen) atoms. The molecule has 0 bridgehead atoms. The lowest BCUT2D eigenvalue weighted by molar-refractivity contribution is -0.139. The summed E-state index contributed by atoms with van der Waals surface area (Å²) in [6.45, 7) is 5.15. The van der Waals surface area contributed by atoms with Gasteiger partial charge in [0.05, 0.1) is 5.69 Å². The zero-order valence-electron chi connectivity index (χ0n) is 20.8. The molecule has 0 aliphatic heterocycles. The van der Waals surface area contributed by atoms with Gasteiger partial charge in [0.2, 0.25) is 11.8 Å². The van der Waals surface area contributed by atoms with Gasteiger partial charge in [-0.25, -0.2) is 8.70 Å². The summed E-state index contributed by atoms with van der Waals surface area (Å²) in [5, 5.41) is 3.50. The van der Waals surface area contributed by atoms with Gasteiger partial charge in [-0.2, -0.15) is 12.7 Å². The summed E-state index contributed by atoms with van der Waals surface area (Å²) in [6, 6.07) is 8.56. The van der Waals surface area contributed by atoms with E-state index in [1.54, 1.807) is 19.1 Å².